The summed E-state index contributed by atoms with van der Waals surface area (Å²) < 4.78 is 10.8. The van der Waals surface area contributed by atoms with Crippen LogP contribution in [0, 0.1) is 0 Å². The Labute approximate surface area is 172 Å². The van der Waals surface area contributed by atoms with Crippen molar-refractivity contribution in [2.45, 2.75) is 32.6 Å². The van der Waals surface area contributed by atoms with Crippen molar-refractivity contribution >= 4 is 17.8 Å². The van der Waals surface area contributed by atoms with Crippen LogP contribution in [-0.2, 0) is 9.53 Å². The minimum absolute atomic E-state index is 0.0345. The van der Waals surface area contributed by atoms with Crippen molar-refractivity contribution < 1.29 is 19.1 Å². The Morgan fingerprint density at radius 2 is 1.55 bits per heavy atom. The van der Waals surface area contributed by atoms with Gasteiger partial charge in [-0.2, -0.15) is 0 Å². The number of hydrogen-bond acceptors (Lipinski definition) is 4. The van der Waals surface area contributed by atoms with E-state index in [0.717, 1.165) is 37.0 Å². The lowest BCUT2D eigenvalue weighted by atomic mass is 10.1. The van der Waals surface area contributed by atoms with E-state index in [1.54, 1.807) is 25.1 Å². The van der Waals surface area contributed by atoms with Crippen LogP contribution in [0.5, 0.6) is 5.75 Å². The van der Waals surface area contributed by atoms with Gasteiger partial charge in [0.05, 0.1) is 13.2 Å². The van der Waals surface area contributed by atoms with Crippen molar-refractivity contribution in [2.24, 2.45) is 0 Å². The third-order valence-corrected chi connectivity index (χ3v) is 4.25. The predicted molar refractivity (Wildman–Crippen MR) is 116 cm³/mol. The average molecular weight is 392 g/mol. The first-order chi connectivity index (χ1) is 14.1. The molecule has 29 heavy (non-hydrogen) atoms. The molecule has 0 unspecified atom stereocenters. The second kappa shape index (κ2) is 12.3. The van der Waals surface area contributed by atoms with E-state index < -0.39 is 0 Å². The summed E-state index contributed by atoms with van der Waals surface area (Å²) in [7, 11) is 0. The monoisotopic (exact) mass is 392 g/mol. The Morgan fingerprint density at radius 3 is 2.21 bits per heavy atom. The standard InChI is InChI=1S/C25H28O4/c1-20(2)25(27)29-19-9-4-3-8-18-28-23-15-13-22(14-16-23)24(26)17-12-21-10-6-5-7-11-21/h5-7,10-17H,1,3-4,8-9,18-19H2,2H3. The first kappa shape index (κ1) is 22.2. The maximum absolute atomic E-state index is 12.2. The number of ether oxygens (including phenoxy) is 2. The zero-order valence-corrected chi connectivity index (χ0v) is 16.9. The SMILES string of the molecule is C=C(C)C(=O)OCCCCCCOc1ccc(C(=O)C=Cc2ccccc2)cc1. The summed E-state index contributed by atoms with van der Waals surface area (Å²) in [6.07, 6.45) is 7.14. The molecule has 0 N–H and O–H groups in total. The lowest BCUT2D eigenvalue weighted by molar-refractivity contribution is -0.139. The topological polar surface area (TPSA) is 52.6 Å². The van der Waals surface area contributed by atoms with Gasteiger partial charge in [0.25, 0.3) is 0 Å². The molecule has 0 saturated heterocycles. The van der Waals surface area contributed by atoms with Gasteiger partial charge >= 0.3 is 5.97 Å². The van der Waals surface area contributed by atoms with Gasteiger partial charge < -0.3 is 9.47 Å². The zero-order chi connectivity index (χ0) is 20.9. The maximum atomic E-state index is 12.2. The number of esters is 1. The van der Waals surface area contributed by atoms with Gasteiger partial charge in [0, 0.05) is 11.1 Å². The largest absolute Gasteiger partial charge is 0.494 e. The lowest BCUT2D eigenvalue weighted by Gasteiger charge is -2.07. The molecule has 0 radical (unpaired) electrons. The fourth-order valence-corrected chi connectivity index (χ4v) is 2.58. The molecule has 0 aliphatic rings. The second-order valence-electron chi connectivity index (χ2n) is 6.81. The number of carbonyl (C=O) groups excluding carboxylic acids is 2. The molecule has 0 spiro atoms. The van der Waals surface area contributed by atoms with E-state index >= 15 is 0 Å². The molecule has 0 aliphatic heterocycles. The van der Waals surface area contributed by atoms with Crippen LogP contribution >= 0.6 is 0 Å². The van der Waals surface area contributed by atoms with Crippen molar-refractivity contribution in [1.29, 1.82) is 0 Å². The number of allylic oxidation sites excluding steroid dienone is 1. The molecule has 152 valence electrons. The number of hydrogen-bond donors (Lipinski definition) is 0. The normalized spacial score (nSPS) is 10.7. The molecule has 0 amide bonds. The van der Waals surface area contributed by atoms with E-state index in [2.05, 4.69) is 6.58 Å². The molecule has 0 aromatic heterocycles. The summed E-state index contributed by atoms with van der Waals surface area (Å²) in [6.45, 7) is 6.24. The Hall–Kier alpha value is -3.14. The van der Waals surface area contributed by atoms with E-state index in [1.807, 2.05) is 48.5 Å². The predicted octanol–water partition coefficient (Wildman–Crippen LogP) is 5.64. The summed E-state index contributed by atoms with van der Waals surface area (Å²) in [4.78, 5) is 23.5. The Morgan fingerprint density at radius 1 is 0.897 bits per heavy atom. The van der Waals surface area contributed by atoms with Crippen LogP contribution in [0.3, 0.4) is 0 Å². The number of rotatable bonds is 12. The van der Waals surface area contributed by atoms with Crippen LogP contribution in [0.25, 0.3) is 6.08 Å². The van der Waals surface area contributed by atoms with Crippen LogP contribution in [0.4, 0.5) is 0 Å². The van der Waals surface area contributed by atoms with Gasteiger partial charge in [-0.25, -0.2) is 4.79 Å². The average Bonchev–Trinajstić information content (AvgIpc) is 2.74. The zero-order valence-electron chi connectivity index (χ0n) is 16.9. The Bertz CT molecular complexity index is 820. The summed E-state index contributed by atoms with van der Waals surface area (Å²) in [5, 5.41) is 0. The molecule has 0 bridgehead atoms. The lowest BCUT2D eigenvalue weighted by Crippen LogP contribution is -2.06. The van der Waals surface area contributed by atoms with Crippen LogP contribution in [0.2, 0.25) is 0 Å². The van der Waals surface area contributed by atoms with E-state index in [4.69, 9.17) is 9.47 Å². The second-order valence-corrected chi connectivity index (χ2v) is 6.81. The number of ketones is 1. The molecular formula is C25H28O4. The Balaban J connectivity index is 1.62. The summed E-state index contributed by atoms with van der Waals surface area (Å²) in [5.74, 6) is 0.391. The molecule has 0 aliphatic carbocycles. The quantitative estimate of drug-likeness (QED) is 0.203. The summed E-state index contributed by atoms with van der Waals surface area (Å²) in [6, 6.07) is 16.9. The van der Waals surface area contributed by atoms with Crippen molar-refractivity contribution in [2.75, 3.05) is 13.2 Å². The van der Waals surface area contributed by atoms with E-state index in [-0.39, 0.29) is 11.8 Å². The van der Waals surface area contributed by atoms with Gasteiger partial charge in [-0.3, -0.25) is 4.79 Å². The fourth-order valence-electron chi connectivity index (χ4n) is 2.58. The molecule has 2 rings (SSSR count). The van der Waals surface area contributed by atoms with Crippen LogP contribution in [0.1, 0.15) is 48.5 Å². The molecule has 2 aromatic rings. The van der Waals surface area contributed by atoms with Crippen molar-refractivity contribution in [3.8, 4) is 5.75 Å². The summed E-state index contributed by atoms with van der Waals surface area (Å²) >= 11 is 0. The minimum Gasteiger partial charge on any atom is -0.494 e. The van der Waals surface area contributed by atoms with E-state index in [1.165, 1.54) is 0 Å². The third-order valence-electron chi connectivity index (χ3n) is 4.25. The first-order valence-electron chi connectivity index (χ1n) is 9.89. The highest BCUT2D eigenvalue weighted by atomic mass is 16.5. The van der Waals surface area contributed by atoms with Gasteiger partial charge in [-0.05, 0) is 68.5 Å². The van der Waals surface area contributed by atoms with Crippen LogP contribution in [0.15, 0.2) is 72.8 Å². The van der Waals surface area contributed by atoms with Crippen LogP contribution < -0.4 is 4.74 Å². The summed E-state index contributed by atoms with van der Waals surface area (Å²) in [5.41, 5.74) is 2.06. The van der Waals surface area contributed by atoms with Gasteiger partial charge in [-0.1, -0.05) is 43.0 Å². The van der Waals surface area contributed by atoms with E-state index in [0.29, 0.717) is 24.4 Å². The maximum Gasteiger partial charge on any atom is 0.333 e. The van der Waals surface area contributed by atoms with Crippen molar-refractivity contribution in [3.05, 3.63) is 84.0 Å². The van der Waals surface area contributed by atoms with Crippen LogP contribution in [-0.4, -0.2) is 25.0 Å². The highest BCUT2D eigenvalue weighted by Gasteiger charge is 2.03. The molecule has 4 nitrogen and oxygen atoms in total. The minimum atomic E-state index is -0.328. The van der Waals surface area contributed by atoms with Gasteiger partial charge in [-0.15, -0.1) is 0 Å². The molecule has 0 atom stereocenters. The molecule has 0 fully saturated rings. The highest BCUT2D eigenvalue weighted by Crippen LogP contribution is 2.14. The smallest absolute Gasteiger partial charge is 0.333 e. The molecule has 0 heterocycles. The third kappa shape index (κ3) is 8.60. The van der Waals surface area contributed by atoms with Gasteiger partial charge in [0.15, 0.2) is 5.78 Å². The Kier molecular flexibility index (Phi) is 9.43. The highest BCUT2D eigenvalue weighted by molar-refractivity contribution is 6.06. The van der Waals surface area contributed by atoms with Crippen molar-refractivity contribution in [3.63, 3.8) is 0 Å². The number of carbonyl (C=O) groups is 2. The molecular weight excluding hydrogens is 364 g/mol. The number of unbranched alkanes of at least 4 members (excludes halogenated alkanes) is 3. The molecule has 4 heteroatoms. The van der Waals surface area contributed by atoms with Crippen molar-refractivity contribution in [1.82, 2.24) is 0 Å². The van der Waals surface area contributed by atoms with Gasteiger partial charge in [0.1, 0.15) is 5.75 Å². The first-order valence-corrected chi connectivity index (χ1v) is 9.89. The number of benzene rings is 2. The van der Waals surface area contributed by atoms with E-state index in [9.17, 15) is 9.59 Å². The molecule has 0 saturated carbocycles. The van der Waals surface area contributed by atoms with Gasteiger partial charge in [0.2, 0.25) is 0 Å². The fraction of sp³-hybridized carbons (Fsp3) is 0.280. The molecule has 2 aromatic carbocycles.